The first-order valence-electron chi connectivity index (χ1n) is 56.2. The molecule has 2 saturated carbocycles. The Morgan fingerprint density at radius 1 is 0.262 bits per heavy atom. The Kier molecular flexibility index (Phi) is 33.3. The van der Waals surface area contributed by atoms with Gasteiger partial charge in [-0.1, -0.05) is 148 Å². The first kappa shape index (κ1) is 101. The molecule has 149 heavy (non-hydrogen) atoms. The zero-order valence-electron chi connectivity index (χ0n) is 87.0. The number of hydrogen-bond acceptors (Lipinski definition) is 15. The summed E-state index contributed by atoms with van der Waals surface area (Å²) in [4.78, 5) is 86.7. The van der Waals surface area contributed by atoms with Crippen LogP contribution in [0, 0.1) is 41.4 Å². The fraction of sp³-hybridized carbons (Fsp3) is 0.452. The third-order valence-corrected chi connectivity index (χ3v) is 34.5. The molecule has 25 rings (SSSR count). The number of aromatic amines is 5. The van der Waals surface area contributed by atoms with E-state index in [9.17, 15) is 24.0 Å². The summed E-state index contributed by atoms with van der Waals surface area (Å²) < 4.78 is 0. The molecule has 8 aromatic carbocycles. The number of aromatic nitrogens is 10. The summed E-state index contributed by atoms with van der Waals surface area (Å²) in [7, 11) is 0. The molecule has 25 heteroatoms. The molecule has 25 nitrogen and oxygen atoms in total. The summed E-state index contributed by atoms with van der Waals surface area (Å²) in [6.45, 7) is 20.2. The SMILES string of the molecule is O=C(C1CCCCC1)N1CCC(CN2CCc3cc(-c4cn[nH]c4)ccc32)CC1.O=C(CC1CCCCC1)N1CCC(CN2CCc3cc(-c4cn[nH]c4)ccc32)CC1.O=C(CCc1ccccc1)N1CCC(CN2CCc3cc(-c4cn[nH]c4)ccc32)CC1.O=C(Cc1ccccc1)N1CCC(CN2CCc3cc(-c4cn[nH]c4)ccc32)CC1.O=C(c1ccccc1)N1CCC(CN2CCc3cc(-c4cn[nH]c4)ccc32)CC1. The third-order valence-electron chi connectivity index (χ3n) is 34.5. The lowest BCUT2D eigenvalue weighted by atomic mass is 9.86. The van der Waals surface area contributed by atoms with Gasteiger partial charge in [-0.25, -0.2) is 0 Å². The zero-order valence-corrected chi connectivity index (χ0v) is 87.0. The molecule has 7 fully saturated rings. The molecule has 0 atom stereocenters. The number of aryl methyl sites for hydroxylation is 1. The molecule has 10 aliphatic heterocycles. The Bertz CT molecular complexity index is 6470. The number of H-pyrrole nitrogens is 5. The summed E-state index contributed by atoms with van der Waals surface area (Å²) in [5, 5.41) is 34.8. The Morgan fingerprint density at radius 3 is 0.872 bits per heavy atom. The number of fused-ring (bicyclic) bond motifs is 5. The average molecular weight is 2000 g/mol. The number of hydrogen-bond donors (Lipinski definition) is 5. The molecule has 13 aromatic rings. The maximum atomic E-state index is 12.8. The van der Waals surface area contributed by atoms with E-state index in [-0.39, 0.29) is 11.8 Å². The van der Waals surface area contributed by atoms with E-state index in [4.69, 9.17) is 0 Å². The second-order valence-electron chi connectivity index (χ2n) is 44.2. The van der Waals surface area contributed by atoms with Gasteiger partial charge in [0.05, 0.1) is 37.4 Å². The average Bonchev–Trinajstić information content (AvgIpc) is 1.67. The number of benzene rings is 8. The van der Waals surface area contributed by atoms with E-state index in [0.717, 1.165) is 292 Å². The predicted molar refractivity (Wildman–Crippen MR) is 595 cm³/mol. The number of anilines is 5. The molecule has 5 saturated heterocycles. The molecule has 0 unspecified atom stereocenters. The summed E-state index contributed by atoms with van der Waals surface area (Å²) >= 11 is 0. The Balaban J connectivity index is 0.000000109. The van der Waals surface area contributed by atoms with Gasteiger partial charge in [0.1, 0.15) is 0 Å². The molecule has 0 spiro atoms. The van der Waals surface area contributed by atoms with Crippen LogP contribution in [-0.4, -0.2) is 236 Å². The minimum atomic E-state index is 0.169. The van der Waals surface area contributed by atoms with E-state index in [2.05, 4.69) is 198 Å². The second-order valence-corrected chi connectivity index (χ2v) is 44.2. The van der Waals surface area contributed by atoms with E-state index in [1.54, 1.807) is 0 Å². The second kappa shape index (κ2) is 49.1. The maximum absolute atomic E-state index is 12.8. The molecule has 12 aliphatic rings. The zero-order chi connectivity index (χ0) is 101. The summed E-state index contributed by atoms with van der Waals surface area (Å²) in [5.74, 6) is 5.93. The van der Waals surface area contributed by atoms with Crippen LogP contribution in [0.1, 0.15) is 191 Å². The predicted octanol–water partition coefficient (Wildman–Crippen LogP) is 21.1. The largest absolute Gasteiger partial charge is 0.371 e. The fourth-order valence-electron chi connectivity index (χ4n) is 25.6. The van der Waals surface area contributed by atoms with Crippen molar-refractivity contribution in [2.45, 2.75) is 186 Å². The molecule has 5 amide bonds. The summed E-state index contributed by atoms with van der Waals surface area (Å²) in [6.07, 6.45) is 51.2. The van der Waals surface area contributed by atoms with Crippen molar-refractivity contribution < 1.29 is 24.0 Å². The van der Waals surface area contributed by atoms with Crippen LogP contribution in [0.4, 0.5) is 28.4 Å². The molecule has 5 N–H and O–H groups in total. The van der Waals surface area contributed by atoms with Gasteiger partial charge in [0.25, 0.3) is 5.91 Å². The number of carbonyl (C=O) groups is 5. The molecule has 2 aliphatic carbocycles. The summed E-state index contributed by atoms with van der Waals surface area (Å²) in [6, 6.07) is 64.0. The normalized spacial score (nSPS) is 18.3. The van der Waals surface area contributed by atoms with Crippen molar-refractivity contribution in [3.8, 4) is 55.6 Å². The van der Waals surface area contributed by atoms with Crippen LogP contribution >= 0.6 is 0 Å². The van der Waals surface area contributed by atoms with Crippen LogP contribution in [0.5, 0.6) is 0 Å². The van der Waals surface area contributed by atoms with Crippen molar-refractivity contribution >= 4 is 58.0 Å². The highest BCUT2D eigenvalue weighted by Gasteiger charge is 2.37. The van der Waals surface area contributed by atoms with E-state index in [1.165, 1.54) is 141 Å². The number of amides is 5. The molecular weight excluding hydrogens is 1850 g/mol. The van der Waals surface area contributed by atoms with Gasteiger partial charge in [-0.15, -0.1) is 0 Å². The molecular formula is C124H150N20O5. The molecule has 5 aromatic heterocycles. The lowest BCUT2D eigenvalue weighted by Crippen LogP contribution is -2.44. The number of nitrogens with zero attached hydrogens (tertiary/aromatic N) is 15. The van der Waals surface area contributed by atoms with Gasteiger partial charge >= 0.3 is 0 Å². The monoisotopic (exact) mass is 2000 g/mol. The van der Waals surface area contributed by atoms with Crippen LogP contribution in [0.3, 0.4) is 0 Å². The van der Waals surface area contributed by atoms with Crippen molar-refractivity contribution in [2.24, 2.45) is 41.4 Å². The minimum absolute atomic E-state index is 0.169. The maximum Gasteiger partial charge on any atom is 0.253 e. The topological polar surface area (TPSA) is 261 Å². The van der Waals surface area contributed by atoms with Gasteiger partial charge in [-0.05, 0) is 303 Å². The highest BCUT2D eigenvalue weighted by molar-refractivity contribution is 5.94. The lowest BCUT2D eigenvalue weighted by molar-refractivity contribution is -0.138. The van der Waals surface area contributed by atoms with Crippen LogP contribution in [-0.2, 0) is 64.1 Å². The van der Waals surface area contributed by atoms with Gasteiger partial charge in [0.15, 0.2) is 0 Å². The number of carbonyl (C=O) groups excluding carboxylic acids is 5. The van der Waals surface area contributed by atoms with Gasteiger partial charge in [0, 0.05) is 242 Å². The van der Waals surface area contributed by atoms with Gasteiger partial charge in [-0.3, -0.25) is 49.5 Å². The molecule has 0 bridgehead atoms. The van der Waals surface area contributed by atoms with Crippen LogP contribution in [0.2, 0.25) is 0 Å². The van der Waals surface area contributed by atoms with Crippen molar-refractivity contribution in [3.63, 3.8) is 0 Å². The van der Waals surface area contributed by atoms with E-state index < -0.39 is 0 Å². The molecule has 0 radical (unpaired) electrons. The number of likely N-dealkylation sites (tertiary alicyclic amines) is 5. The Hall–Kier alpha value is -13.8. The van der Waals surface area contributed by atoms with Crippen molar-refractivity contribution in [1.29, 1.82) is 0 Å². The first-order chi connectivity index (χ1) is 73.3. The van der Waals surface area contributed by atoms with Crippen LogP contribution < -0.4 is 24.5 Å². The van der Waals surface area contributed by atoms with Gasteiger partial charge in [-0.2, -0.15) is 25.5 Å². The van der Waals surface area contributed by atoms with Crippen molar-refractivity contribution in [2.75, 3.05) is 155 Å². The van der Waals surface area contributed by atoms with E-state index >= 15 is 0 Å². The van der Waals surface area contributed by atoms with Crippen LogP contribution in [0.25, 0.3) is 55.6 Å². The Morgan fingerprint density at radius 2 is 0.550 bits per heavy atom. The standard InChI is InChI=1S/C26H30N4O.C25H34N4O.C25H28N4O.C24H32N4O.C24H26N4O/c31-26(9-6-20-4-2-1-3-5-20)29-13-10-21(11-14-29)19-30-15-12-23-16-22(7-8-25(23)30)24-17-27-28-18-24;2*30-25(14-19-4-2-1-3-5-19)28-11-8-20(9-12-28)18-29-13-10-22-15-21(6-7-24(22)29)23-16-26-27-17-23;2*29-24(19-4-2-1-3-5-19)27-11-8-18(9-12-27)17-28-13-10-21-14-20(6-7-23(21)28)22-15-25-26-16-22/h1-5,7-8,16-18,21H,6,9-15,19H2,(H,27,28);6-7,15-17,19-20H,1-5,8-14,18H2,(H,26,27);1-7,15-17,20H,8-14,18H2,(H,26,27);6-7,14-16,18-19H,1-5,8-13,17H2,(H,25,26);1-7,14-16,18H,8-13,17H2,(H,25,26). The number of piperidine rings is 5. The third kappa shape index (κ3) is 25.7. The highest BCUT2D eigenvalue weighted by Crippen LogP contribution is 2.42. The smallest absolute Gasteiger partial charge is 0.253 e. The fourth-order valence-corrected chi connectivity index (χ4v) is 25.6. The van der Waals surface area contributed by atoms with E-state index in [0.29, 0.717) is 72.0 Å². The van der Waals surface area contributed by atoms with Gasteiger partial charge in [0.2, 0.25) is 23.6 Å². The highest BCUT2D eigenvalue weighted by atomic mass is 16.2. The van der Waals surface area contributed by atoms with Crippen LogP contribution in [0.15, 0.2) is 244 Å². The minimum Gasteiger partial charge on any atom is -0.371 e. The van der Waals surface area contributed by atoms with Crippen molar-refractivity contribution in [1.82, 2.24) is 75.5 Å². The first-order valence-corrected chi connectivity index (χ1v) is 56.2. The lowest BCUT2D eigenvalue weighted by Gasteiger charge is -2.36. The van der Waals surface area contributed by atoms with Gasteiger partial charge < -0.3 is 49.0 Å². The van der Waals surface area contributed by atoms with Crippen molar-refractivity contribution in [3.05, 3.63) is 288 Å². The number of nitrogens with one attached hydrogen (secondary N) is 5. The summed E-state index contributed by atoms with van der Waals surface area (Å²) in [5.41, 5.74) is 29.2. The quantitative estimate of drug-likeness (QED) is 0.0377. The molecule has 15 heterocycles. The number of rotatable bonds is 24. The Labute approximate surface area is 879 Å². The van der Waals surface area contributed by atoms with E-state index in [1.807, 2.05) is 146 Å². The molecule has 776 valence electrons.